The third kappa shape index (κ3) is 150. The van der Waals surface area contributed by atoms with Crippen molar-refractivity contribution in [3.8, 4) is 0 Å². The summed E-state index contributed by atoms with van der Waals surface area (Å²) in [5.74, 6) is 0. The number of rotatable bonds is 10. The van der Waals surface area contributed by atoms with Crippen molar-refractivity contribution in [3.63, 3.8) is 0 Å². The molecule has 2 amide bonds. The Morgan fingerprint density at radius 2 is 0.747 bits per heavy atom. The van der Waals surface area contributed by atoms with E-state index >= 15 is 0 Å². The quantitative estimate of drug-likeness (QED) is 0.199. The topological polar surface area (TPSA) is 117 Å². The lowest BCUT2D eigenvalue weighted by Gasteiger charge is -2.31. The third-order valence-electron chi connectivity index (χ3n) is 9.53. The molecule has 0 rings (SSSR count). The Bertz CT molecular complexity index is 1310. The van der Waals surface area contributed by atoms with E-state index in [0.29, 0.717) is 51.0 Å². The van der Waals surface area contributed by atoms with E-state index < -0.39 is 11.2 Å². The van der Waals surface area contributed by atoms with Crippen molar-refractivity contribution >= 4 is 24.6 Å². The lowest BCUT2D eigenvalue weighted by atomic mass is 9.91. The summed E-state index contributed by atoms with van der Waals surface area (Å²) in [6.45, 7) is 92.4. The second-order valence-electron chi connectivity index (χ2n) is 34.9. The smallest absolute Gasteiger partial charge is 0.410 e. The molecular formula is C71H168Cl2N6O4. The molecule has 12 heteroatoms. The molecule has 0 fully saturated rings. The van der Waals surface area contributed by atoms with E-state index in [2.05, 4.69) is 251 Å². The number of nitrogens with zero attached hydrogens (tertiary/aromatic N) is 3. The number of ether oxygens (including phenoxy) is 2. The number of amides is 2. The van der Waals surface area contributed by atoms with Gasteiger partial charge in [0.2, 0.25) is 0 Å². The molecule has 0 aromatic heterocycles. The highest BCUT2D eigenvalue weighted by molar-refractivity contribution is 5.85. The van der Waals surface area contributed by atoms with E-state index in [1.54, 1.807) is 16.8 Å². The van der Waals surface area contributed by atoms with Gasteiger partial charge >= 0.3 is 12.2 Å². The number of quaternary nitrogens is 1. The maximum Gasteiger partial charge on any atom is 0.410 e. The average molecular weight is 1240 g/mol. The summed E-state index contributed by atoms with van der Waals surface area (Å²) >= 11 is 0. The lowest BCUT2D eigenvalue weighted by molar-refractivity contribution is -0.661. The molecule has 0 saturated carbocycles. The molecule has 0 bridgehead atoms. The van der Waals surface area contributed by atoms with Crippen LogP contribution in [0, 0.1) is 48.7 Å². The fraction of sp³-hybridized carbons (Fsp3) is 0.972. The molecule has 0 radical (unpaired) electrons. The van der Waals surface area contributed by atoms with E-state index in [-0.39, 0.29) is 62.7 Å². The third-order valence-corrected chi connectivity index (χ3v) is 9.53. The minimum Gasteiger partial charge on any atom is -1.00 e. The van der Waals surface area contributed by atoms with Gasteiger partial charge in [-0.2, -0.15) is 0 Å². The Labute approximate surface area is 541 Å². The summed E-state index contributed by atoms with van der Waals surface area (Å²) in [4.78, 5) is 28.9. The van der Waals surface area contributed by atoms with E-state index in [4.69, 9.17) is 15.2 Å². The molecule has 5 N–H and O–H groups in total. The second-order valence-corrected chi connectivity index (χ2v) is 34.9. The van der Waals surface area contributed by atoms with Crippen molar-refractivity contribution in [2.75, 3.05) is 80.0 Å². The van der Waals surface area contributed by atoms with Gasteiger partial charge in [-0.1, -0.05) is 249 Å². The lowest BCUT2D eigenvalue weighted by Crippen LogP contribution is -3.00. The highest BCUT2D eigenvalue weighted by Crippen LogP contribution is 2.22. The summed E-state index contributed by atoms with van der Waals surface area (Å²) in [5, 5.41) is 5.62. The van der Waals surface area contributed by atoms with Crippen LogP contribution in [0.2, 0.25) is 0 Å². The molecule has 0 atom stereocenters. The normalized spacial score (nSPS) is 11.7. The Kier molecular flexibility index (Phi) is 73.4. The largest absolute Gasteiger partial charge is 1.00 e. The number of carbonyl (C=O) groups excluding carboxylic acids is 2. The molecule has 0 saturated heterocycles. The second kappa shape index (κ2) is 53.9. The molecule has 520 valence electrons. The van der Waals surface area contributed by atoms with Crippen LogP contribution in [0.1, 0.15) is 317 Å². The fourth-order valence-corrected chi connectivity index (χ4v) is 5.85. The molecule has 0 unspecified atom stereocenters. The van der Waals surface area contributed by atoms with Crippen LogP contribution in [0.25, 0.3) is 0 Å². The van der Waals surface area contributed by atoms with Crippen LogP contribution < -0.4 is 28.8 Å². The van der Waals surface area contributed by atoms with Gasteiger partial charge in [0, 0.05) is 38.6 Å². The summed E-state index contributed by atoms with van der Waals surface area (Å²) in [5.41, 5.74) is 8.03. The van der Waals surface area contributed by atoms with Crippen molar-refractivity contribution in [1.29, 1.82) is 0 Å². The molecule has 83 heavy (non-hydrogen) atoms. The summed E-state index contributed by atoms with van der Waals surface area (Å²) in [7, 11) is 5.97. The van der Waals surface area contributed by atoms with Crippen LogP contribution >= 0.6 is 12.4 Å². The standard InChI is InChI=1S/C12H25NO2.C11H23NO2.3C7H17N.2C7H16.C6H14.C5H13N.2CH4.2ClH/c1-8-13(9-11(2,3)4)10(14)15-12(5,6)7;1-10(2,3)8-12(7)9(13)14-11(4,5)6;1-7(2,3)6-8(4)5;2*1-5-8-6-7(2,3)4;2*1-5-6-7(2,3)4;1-5-6(2,3)4;1-5(2,3)4-6;;;;/h8-9H2,1-7H3;8H2,1-7H3;6H2,1-5H3;2*8H,5-6H2,1-4H3;2*5-6H2,1-4H3;5H2,1-4H3;4,6H2,1-3H3;2*1H4;2*1H. The average Bonchev–Trinajstić information content (AvgIpc) is 3.15. The van der Waals surface area contributed by atoms with Gasteiger partial charge in [-0.15, -0.1) is 12.4 Å². The number of hydrogen-bond acceptors (Lipinski definition) is 7. The predicted octanol–water partition coefficient (Wildman–Crippen LogP) is 17.8. The van der Waals surface area contributed by atoms with E-state index in [1.807, 2.05) is 48.5 Å². The first-order valence-electron chi connectivity index (χ1n) is 31.1. The highest BCUT2D eigenvalue weighted by Gasteiger charge is 2.25. The van der Waals surface area contributed by atoms with E-state index in [1.165, 1.54) is 45.2 Å². The van der Waals surface area contributed by atoms with E-state index in [9.17, 15) is 9.59 Å². The number of nitrogens with one attached hydrogen (secondary N) is 1. The molecule has 0 aliphatic rings. The van der Waals surface area contributed by atoms with Gasteiger partial charge in [0.15, 0.2) is 0 Å². The zero-order valence-corrected chi connectivity index (χ0v) is 65.4. The Hall–Kier alpha value is -1.04. The molecule has 0 aliphatic carbocycles. The van der Waals surface area contributed by atoms with Gasteiger partial charge in [-0.3, -0.25) is 0 Å². The number of halogens is 2. The van der Waals surface area contributed by atoms with Crippen LogP contribution in [0.5, 0.6) is 0 Å². The summed E-state index contributed by atoms with van der Waals surface area (Å²) in [6.07, 6.45) is 6.09. The van der Waals surface area contributed by atoms with Crippen molar-refractivity contribution in [1.82, 2.24) is 20.0 Å². The predicted molar refractivity (Wildman–Crippen MR) is 382 cm³/mol. The van der Waals surface area contributed by atoms with Gasteiger partial charge in [0.1, 0.15) is 11.2 Å². The molecular weight excluding hydrogens is 1070 g/mol. The molecule has 0 spiro atoms. The van der Waals surface area contributed by atoms with Crippen molar-refractivity contribution in [2.45, 2.75) is 328 Å². The van der Waals surface area contributed by atoms with Crippen LogP contribution in [0.4, 0.5) is 9.59 Å². The van der Waals surface area contributed by atoms with Crippen LogP contribution in [0.3, 0.4) is 0 Å². The number of hydrogen-bond donors (Lipinski definition) is 3. The number of nitrogens with two attached hydrogens (primary N) is 2. The minimum absolute atomic E-state index is 0. The van der Waals surface area contributed by atoms with Crippen molar-refractivity contribution < 1.29 is 36.8 Å². The van der Waals surface area contributed by atoms with Gasteiger partial charge in [0.05, 0.1) is 13.1 Å². The maximum absolute atomic E-state index is 11.8. The van der Waals surface area contributed by atoms with Gasteiger partial charge in [0.25, 0.3) is 0 Å². The first-order chi connectivity index (χ1) is 34.3. The SMILES string of the molecule is C.C.CC(C)(C)CN.CCC(C)(C)C.CCCC(C)(C)C.CCCC(C)(C)C.CCN(CC(C)(C)C)C(=O)OC(C)(C)C.CCNCC(C)(C)C.CC[NH2+]CC(C)(C)C.CN(C)CC(C)(C)C.CN(CC(C)(C)C)C(=O)OC(C)(C)C.Cl.[Cl-]. The van der Waals surface area contributed by atoms with Crippen molar-refractivity contribution in [2.24, 2.45) is 54.5 Å². The first kappa shape index (κ1) is 113. The Morgan fingerprint density at radius 3 is 0.867 bits per heavy atom. The molecule has 0 aromatic carbocycles. The maximum atomic E-state index is 11.8. The Balaban J connectivity index is -0.0000000612. The number of carbonyl (C=O) groups is 2. The van der Waals surface area contributed by atoms with Crippen molar-refractivity contribution in [3.05, 3.63) is 0 Å². The van der Waals surface area contributed by atoms with Gasteiger partial charge < -0.3 is 52.9 Å². The fourth-order valence-electron chi connectivity index (χ4n) is 5.85. The van der Waals surface area contributed by atoms with Crippen LogP contribution in [-0.2, 0) is 9.47 Å². The zero-order chi connectivity index (χ0) is 66.1. The monoisotopic (exact) mass is 1240 g/mol. The van der Waals surface area contributed by atoms with Crippen LogP contribution in [0.15, 0.2) is 0 Å². The van der Waals surface area contributed by atoms with E-state index in [0.717, 1.165) is 32.7 Å². The van der Waals surface area contributed by atoms with Crippen LogP contribution in [-0.4, -0.2) is 118 Å². The molecule has 0 heterocycles. The Morgan fingerprint density at radius 1 is 0.446 bits per heavy atom. The molecule has 10 nitrogen and oxygen atoms in total. The summed E-state index contributed by atoms with van der Waals surface area (Å²) < 4.78 is 10.6. The van der Waals surface area contributed by atoms with Gasteiger partial charge in [-0.25, -0.2) is 9.59 Å². The highest BCUT2D eigenvalue weighted by atomic mass is 35.5. The summed E-state index contributed by atoms with van der Waals surface area (Å²) in [6, 6.07) is 0. The molecule has 0 aromatic rings. The van der Waals surface area contributed by atoms with Gasteiger partial charge in [-0.05, 0) is 145 Å². The minimum atomic E-state index is -0.414. The molecule has 0 aliphatic heterocycles. The first-order valence-corrected chi connectivity index (χ1v) is 31.1. The zero-order valence-electron chi connectivity index (χ0n) is 63.8.